The van der Waals surface area contributed by atoms with E-state index in [1.165, 1.54) is 18.7 Å². The summed E-state index contributed by atoms with van der Waals surface area (Å²) < 4.78 is 5.03. The normalized spacial score (nSPS) is 11.1. The highest BCUT2D eigenvalue weighted by molar-refractivity contribution is 8.13. The van der Waals surface area contributed by atoms with Crippen LogP contribution in [0, 0.1) is 0 Å². The number of nitrogens with zero attached hydrogens (tertiary/aromatic N) is 1. The first-order valence-corrected chi connectivity index (χ1v) is 10.1. The lowest BCUT2D eigenvalue weighted by atomic mass is 10.0. The lowest BCUT2D eigenvalue weighted by Gasteiger charge is -2.14. The Morgan fingerprint density at radius 1 is 0.966 bits per heavy atom. The minimum Gasteiger partial charge on any atom is -0.445 e. The van der Waals surface area contributed by atoms with Crippen molar-refractivity contribution < 1.29 is 19.1 Å². The minimum absolute atomic E-state index is 0.162. The second kappa shape index (κ2) is 10.4. The van der Waals surface area contributed by atoms with Crippen molar-refractivity contribution in [3.05, 3.63) is 59.7 Å². The molecule has 2 amide bonds. The van der Waals surface area contributed by atoms with Gasteiger partial charge in [-0.05, 0) is 38.3 Å². The van der Waals surface area contributed by atoms with Gasteiger partial charge in [-0.2, -0.15) is 4.99 Å². The molecule has 2 aromatic rings. The molecule has 2 aromatic carbocycles. The maximum Gasteiger partial charge on any atom is 0.436 e. The number of nitrogens with one attached hydrogen (secondary N) is 2. The largest absolute Gasteiger partial charge is 0.445 e. The van der Waals surface area contributed by atoms with E-state index in [1.807, 2.05) is 6.07 Å². The van der Waals surface area contributed by atoms with E-state index in [4.69, 9.17) is 4.74 Å². The molecule has 0 spiro atoms. The Kier molecular flexibility index (Phi) is 7.97. The third kappa shape index (κ3) is 6.76. The number of ketones is 1. The Hall–Kier alpha value is -3.13. The standard InChI is InChI=1S/C21H23N3O4S/c1-13(2)28-21(27)24-20(29-4)23-18-12-16(10-11-17(18)22-14(3)25)19(26)15-8-6-5-7-9-15/h5-13H,1-4H3,(H,22,25)(H,23,24,27). The van der Waals surface area contributed by atoms with Crippen LogP contribution >= 0.6 is 11.8 Å². The molecular weight excluding hydrogens is 390 g/mol. The maximum absolute atomic E-state index is 12.8. The fourth-order valence-corrected chi connectivity index (χ4v) is 2.77. The number of benzene rings is 2. The fourth-order valence-electron chi connectivity index (χ4n) is 2.39. The number of carbonyl (C=O) groups excluding carboxylic acids is 3. The van der Waals surface area contributed by atoms with Crippen LogP contribution in [0.1, 0.15) is 36.7 Å². The average Bonchev–Trinajstić information content (AvgIpc) is 2.67. The van der Waals surface area contributed by atoms with Gasteiger partial charge in [-0.1, -0.05) is 42.1 Å². The summed E-state index contributed by atoms with van der Waals surface area (Å²) in [4.78, 5) is 40.0. The van der Waals surface area contributed by atoms with E-state index in [0.717, 1.165) is 0 Å². The van der Waals surface area contributed by atoms with Crippen molar-refractivity contribution in [2.75, 3.05) is 16.9 Å². The van der Waals surface area contributed by atoms with Crippen LogP contribution in [0.3, 0.4) is 0 Å². The molecule has 29 heavy (non-hydrogen) atoms. The monoisotopic (exact) mass is 413 g/mol. The zero-order valence-corrected chi connectivity index (χ0v) is 17.5. The topological polar surface area (TPSA) is 96.9 Å². The molecule has 0 saturated carbocycles. The van der Waals surface area contributed by atoms with Crippen LogP contribution < -0.4 is 10.6 Å². The van der Waals surface area contributed by atoms with Crippen LogP contribution in [0.4, 0.5) is 16.2 Å². The van der Waals surface area contributed by atoms with E-state index < -0.39 is 6.09 Å². The van der Waals surface area contributed by atoms with Crippen molar-refractivity contribution in [2.24, 2.45) is 4.99 Å². The lowest BCUT2D eigenvalue weighted by Crippen LogP contribution is -2.16. The third-order valence-electron chi connectivity index (χ3n) is 3.59. The summed E-state index contributed by atoms with van der Waals surface area (Å²) in [7, 11) is 0. The minimum atomic E-state index is -0.727. The molecule has 0 atom stereocenters. The number of amidine groups is 1. The first-order chi connectivity index (χ1) is 13.8. The molecule has 0 saturated heterocycles. The quantitative estimate of drug-likeness (QED) is 0.424. The Bertz CT molecular complexity index is 927. The number of rotatable bonds is 5. The van der Waals surface area contributed by atoms with E-state index in [1.54, 1.807) is 62.6 Å². The number of anilines is 2. The van der Waals surface area contributed by atoms with Gasteiger partial charge >= 0.3 is 6.09 Å². The van der Waals surface area contributed by atoms with Gasteiger partial charge in [-0.15, -0.1) is 0 Å². The summed E-state index contributed by atoms with van der Waals surface area (Å²) in [5.41, 5.74) is 1.87. The van der Waals surface area contributed by atoms with Gasteiger partial charge in [0, 0.05) is 18.1 Å². The van der Waals surface area contributed by atoms with Crippen LogP contribution in [-0.4, -0.2) is 35.3 Å². The van der Waals surface area contributed by atoms with Gasteiger partial charge in [0.15, 0.2) is 11.0 Å². The number of thioether (sulfide) groups is 1. The molecule has 0 heterocycles. The number of ether oxygens (including phenoxy) is 1. The Morgan fingerprint density at radius 2 is 1.66 bits per heavy atom. The predicted octanol–water partition coefficient (Wildman–Crippen LogP) is 4.55. The van der Waals surface area contributed by atoms with Crippen molar-refractivity contribution in [3.8, 4) is 0 Å². The van der Waals surface area contributed by atoms with Gasteiger partial charge in [-0.25, -0.2) is 4.79 Å². The molecule has 2 N–H and O–H groups in total. The zero-order chi connectivity index (χ0) is 21.4. The molecule has 0 aliphatic rings. The first-order valence-electron chi connectivity index (χ1n) is 8.92. The second-order valence-corrected chi connectivity index (χ2v) is 7.11. The van der Waals surface area contributed by atoms with E-state index in [9.17, 15) is 14.4 Å². The number of aliphatic imine (C=N–C) groups is 1. The number of carbonyl (C=O) groups is 3. The van der Waals surface area contributed by atoms with Gasteiger partial charge in [0.05, 0.1) is 17.5 Å². The third-order valence-corrected chi connectivity index (χ3v) is 4.17. The molecular formula is C21H23N3O4S. The highest BCUT2D eigenvalue weighted by Crippen LogP contribution is 2.26. The number of hydrogen-bond acceptors (Lipinski definition) is 5. The molecule has 7 nitrogen and oxygen atoms in total. The van der Waals surface area contributed by atoms with E-state index in [-0.39, 0.29) is 23.0 Å². The fraction of sp³-hybridized carbons (Fsp3) is 0.238. The molecule has 0 aliphatic carbocycles. The molecule has 0 aromatic heterocycles. The van der Waals surface area contributed by atoms with Crippen molar-refractivity contribution in [2.45, 2.75) is 26.9 Å². The second-order valence-electron chi connectivity index (χ2n) is 6.32. The van der Waals surface area contributed by atoms with Crippen molar-refractivity contribution in [1.82, 2.24) is 0 Å². The summed E-state index contributed by atoms with van der Waals surface area (Å²) in [6, 6.07) is 13.7. The van der Waals surface area contributed by atoms with Crippen LogP contribution in [0.15, 0.2) is 53.5 Å². The van der Waals surface area contributed by atoms with E-state index >= 15 is 0 Å². The van der Waals surface area contributed by atoms with Crippen molar-refractivity contribution in [3.63, 3.8) is 0 Å². The molecule has 2 rings (SSSR count). The van der Waals surface area contributed by atoms with Gasteiger partial charge in [-0.3, -0.25) is 9.59 Å². The van der Waals surface area contributed by atoms with Crippen LogP contribution in [0.2, 0.25) is 0 Å². The molecule has 0 unspecified atom stereocenters. The summed E-state index contributed by atoms with van der Waals surface area (Å²) in [6.45, 7) is 4.84. The van der Waals surface area contributed by atoms with Crippen LogP contribution in [0.25, 0.3) is 0 Å². The highest BCUT2D eigenvalue weighted by Gasteiger charge is 2.14. The van der Waals surface area contributed by atoms with Crippen LogP contribution in [-0.2, 0) is 9.53 Å². The molecule has 152 valence electrons. The van der Waals surface area contributed by atoms with E-state index in [0.29, 0.717) is 22.5 Å². The summed E-state index contributed by atoms with van der Waals surface area (Å²) in [5.74, 6) is -0.429. The molecule has 0 radical (unpaired) electrons. The highest BCUT2D eigenvalue weighted by atomic mass is 32.2. The molecule has 8 heteroatoms. The number of amides is 2. The van der Waals surface area contributed by atoms with Crippen LogP contribution in [0.5, 0.6) is 0 Å². The van der Waals surface area contributed by atoms with Crippen molar-refractivity contribution >= 4 is 46.1 Å². The number of hydrogen-bond donors (Lipinski definition) is 2. The van der Waals surface area contributed by atoms with Gasteiger partial charge in [0.25, 0.3) is 0 Å². The van der Waals surface area contributed by atoms with E-state index in [2.05, 4.69) is 15.6 Å². The van der Waals surface area contributed by atoms with Gasteiger partial charge in [0.1, 0.15) is 0 Å². The molecule has 0 bridgehead atoms. The molecule has 0 fully saturated rings. The average molecular weight is 413 g/mol. The first kappa shape index (κ1) is 22.2. The smallest absolute Gasteiger partial charge is 0.436 e. The zero-order valence-electron chi connectivity index (χ0n) is 16.7. The predicted molar refractivity (Wildman–Crippen MR) is 117 cm³/mol. The van der Waals surface area contributed by atoms with Crippen molar-refractivity contribution in [1.29, 1.82) is 0 Å². The molecule has 0 aliphatic heterocycles. The Balaban J connectivity index is 2.38. The Morgan fingerprint density at radius 3 is 2.24 bits per heavy atom. The Labute approximate surface area is 173 Å². The summed E-state index contributed by atoms with van der Waals surface area (Å²) >= 11 is 1.20. The lowest BCUT2D eigenvalue weighted by molar-refractivity contribution is -0.114. The summed E-state index contributed by atoms with van der Waals surface area (Å²) in [5, 5.41) is 5.97. The van der Waals surface area contributed by atoms with Gasteiger partial charge < -0.3 is 15.4 Å². The summed E-state index contributed by atoms with van der Waals surface area (Å²) in [6.07, 6.45) is 0.719. The SMILES string of the molecule is CS/C(=N\C(=O)OC(C)C)Nc1cc(C(=O)c2ccccc2)ccc1NC(C)=O. The van der Waals surface area contributed by atoms with Gasteiger partial charge in [0.2, 0.25) is 5.91 Å². The maximum atomic E-state index is 12.8.